The SMILES string of the molecule is CC1(C)c2cc(C#Cc3ccc(N(c4ccccc4)c4ccccc4)cc3)cc3c2N2c4c1cc(C#Cc1ccc(N(c5ccccc5)c5ccccc5)cc1)cc4C(C)(C)c1cc(-c4ccc(N(c5ccccc5)c5ccccc5)cc4)cc(c12)C3(C)C. The molecule has 12 aromatic rings. The van der Waals surface area contributed by atoms with E-state index >= 15 is 0 Å². The van der Waals surface area contributed by atoms with Crippen LogP contribution in [0.15, 0.2) is 291 Å². The first-order valence-electron chi connectivity index (χ1n) is 30.8. The molecular formula is C85H66N4. The lowest BCUT2D eigenvalue weighted by molar-refractivity contribution is 0.566. The van der Waals surface area contributed by atoms with Crippen LogP contribution in [0.1, 0.15) is 97.2 Å². The molecule has 0 amide bonds. The molecule has 0 unspecified atom stereocenters. The number of anilines is 12. The summed E-state index contributed by atoms with van der Waals surface area (Å²) in [7, 11) is 0. The Hall–Kier alpha value is -11.0. The van der Waals surface area contributed by atoms with Crippen molar-refractivity contribution in [1.29, 1.82) is 0 Å². The predicted molar refractivity (Wildman–Crippen MR) is 372 cm³/mol. The minimum atomic E-state index is -0.420. The number of para-hydroxylation sites is 6. The second-order valence-corrected chi connectivity index (χ2v) is 25.1. The highest BCUT2D eigenvalue weighted by Gasteiger charge is 2.52. The van der Waals surface area contributed by atoms with E-state index in [0.717, 1.165) is 73.4 Å². The van der Waals surface area contributed by atoms with E-state index in [-0.39, 0.29) is 0 Å². The van der Waals surface area contributed by atoms with Crippen molar-refractivity contribution in [2.24, 2.45) is 0 Å². The van der Waals surface area contributed by atoms with Gasteiger partial charge in [-0.15, -0.1) is 0 Å². The molecule has 0 aromatic heterocycles. The van der Waals surface area contributed by atoms with Crippen molar-refractivity contribution in [3.05, 3.63) is 347 Å². The monoisotopic (exact) mass is 1140 g/mol. The molecule has 15 rings (SSSR count). The first kappa shape index (κ1) is 54.6. The fraction of sp³-hybridized carbons (Fsp3) is 0.106. The van der Waals surface area contributed by atoms with Crippen LogP contribution in [0.5, 0.6) is 0 Å². The summed E-state index contributed by atoms with van der Waals surface area (Å²) in [6, 6.07) is 104. The molecule has 4 nitrogen and oxygen atoms in total. The van der Waals surface area contributed by atoms with Crippen LogP contribution in [-0.4, -0.2) is 0 Å². The molecule has 0 radical (unpaired) electrons. The van der Waals surface area contributed by atoms with Gasteiger partial charge in [0.05, 0.1) is 17.1 Å². The molecule has 0 saturated carbocycles. The largest absolute Gasteiger partial charge is 0.311 e. The first-order valence-corrected chi connectivity index (χ1v) is 30.8. The molecule has 89 heavy (non-hydrogen) atoms. The Morgan fingerprint density at radius 3 is 0.697 bits per heavy atom. The standard InChI is InChI=1S/C85H66N4/c1-83(2)74-53-61(39-37-59-41-47-71(48-42-59)86(65-25-13-7-14-26-65)66-27-15-8-16-28-66)55-76-80(74)89-81-75(83)54-62(40-38-60-43-49-72(50-44-60)87(67-29-17-9-18-30-67)68-31-19-10-20-32-68)56-77(81)85(5,6)79-58-64(57-78(82(79)89)84(76,3)4)63-45-51-73(52-46-63)88(69-33-21-11-22-34-69)70-35-23-12-24-36-70/h7-36,41-58H,1-6H3. The summed E-state index contributed by atoms with van der Waals surface area (Å²) in [5.74, 6) is 14.8. The maximum absolute atomic E-state index is 3.74. The van der Waals surface area contributed by atoms with E-state index in [2.05, 4.69) is 376 Å². The maximum atomic E-state index is 3.74. The fourth-order valence-electron chi connectivity index (χ4n) is 13.8. The topological polar surface area (TPSA) is 13.0 Å². The molecule has 12 aromatic carbocycles. The van der Waals surface area contributed by atoms with Gasteiger partial charge in [-0.2, -0.15) is 0 Å². The number of hydrogen-bond donors (Lipinski definition) is 0. The third-order valence-corrected chi connectivity index (χ3v) is 18.5. The third kappa shape index (κ3) is 9.54. The van der Waals surface area contributed by atoms with Gasteiger partial charge in [-0.25, -0.2) is 0 Å². The highest BCUT2D eigenvalue weighted by Crippen LogP contribution is 2.67. The zero-order valence-electron chi connectivity index (χ0n) is 51.0. The molecule has 426 valence electrons. The van der Waals surface area contributed by atoms with Crippen molar-refractivity contribution in [3.63, 3.8) is 0 Å². The Bertz CT molecular complexity index is 4410. The van der Waals surface area contributed by atoms with Gasteiger partial charge in [-0.1, -0.05) is 187 Å². The Morgan fingerprint density at radius 1 is 0.225 bits per heavy atom. The summed E-state index contributed by atoms with van der Waals surface area (Å²) < 4.78 is 0. The second-order valence-electron chi connectivity index (χ2n) is 25.1. The molecule has 0 N–H and O–H groups in total. The molecule has 0 atom stereocenters. The Balaban J connectivity index is 0.862. The first-order chi connectivity index (χ1) is 43.4. The zero-order valence-corrected chi connectivity index (χ0v) is 51.0. The highest BCUT2D eigenvalue weighted by molar-refractivity contribution is 6.00. The third-order valence-electron chi connectivity index (χ3n) is 18.5. The van der Waals surface area contributed by atoms with Crippen LogP contribution in [0.4, 0.5) is 68.2 Å². The van der Waals surface area contributed by atoms with Gasteiger partial charge in [0.1, 0.15) is 0 Å². The molecule has 4 heteroatoms. The van der Waals surface area contributed by atoms with E-state index in [9.17, 15) is 0 Å². The van der Waals surface area contributed by atoms with E-state index in [1.165, 1.54) is 61.6 Å². The predicted octanol–water partition coefficient (Wildman–Crippen LogP) is 22.0. The minimum absolute atomic E-state index is 0.406. The molecular weight excluding hydrogens is 1080 g/mol. The van der Waals surface area contributed by atoms with Crippen LogP contribution in [-0.2, 0) is 16.2 Å². The highest BCUT2D eigenvalue weighted by atomic mass is 15.2. The lowest BCUT2D eigenvalue weighted by Gasteiger charge is -2.55. The molecule has 0 bridgehead atoms. The van der Waals surface area contributed by atoms with E-state index in [0.29, 0.717) is 0 Å². The summed E-state index contributed by atoms with van der Waals surface area (Å²) in [5, 5.41) is 0. The van der Waals surface area contributed by atoms with Crippen LogP contribution >= 0.6 is 0 Å². The Morgan fingerprint density at radius 2 is 0.438 bits per heavy atom. The average Bonchev–Trinajstić information content (AvgIpc) is 0.668. The van der Waals surface area contributed by atoms with Crippen molar-refractivity contribution >= 4 is 68.2 Å². The van der Waals surface area contributed by atoms with Gasteiger partial charge >= 0.3 is 0 Å². The van der Waals surface area contributed by atoms with Crippen molar-refractivity contribution in [2.45, 2.75) is 57.8 Å². The summed E-state index contributed by atoms with van der Waals surface area (Å²) in [5.41, 5.74) is 26.4. The summed E-state index contributed by atoms with van der Waals surface area (Å²) in [4.78, 5) is 9.55. The minimum Gasteiger partial charge on any atom is -0.311 e. The summed E-state index contributed by atoms with van der Waals surface area (Å²) in [6.45, 7) is 14.5. The number of nitrogens with zero attached hydrogens (tertiary/aromatic N) is 4. The quantitative estimate of drug-likeness (QED) is 0.127. The van der Waals surface area contributed by atoms with Crippen LogP contribution in [0.25, 0.3) is 11.1 Å². The van der Waals surface area contributed by atoms with Crippen molar-refractivity contribution in [3.8, 4) is 34.8 Å². The van der Waals surface area contributed by atoms with Gasteiger partial charge in [-0.05, 0) is 214 Å². The molecule has 3 aliphatic rings. The van der Waals surface area contributed by atoms with E-state index in [4.69, 9.17) is 0 Å². The lowest BCUT2D eigenvalue weighted by atomic mass is 9.60. The van der Waals surface area contributed by atoms with Crippen molar-refractivity contribution in [2.75, 3.05) is 19.6 Å². The smallest absolute Gasteiger partial charge is 0.0544 e. The van der Waals surface area contributed by atoms with Crippen LogP contribution in [0.2, 0.25) is 0 Å². The molecule has 0 saturated heterocycles. The van der Waals surface area contributed by atoms with Gasteiger partial charge in [0, 0.05) is 89.7 Å². The van der Waals surface area contributed by atoms with Crippen LogP contribution in [0, 0.1) is 23.7 Å². The Kier molecular flexibility index (Phi) is 13.3. The maximum Gasteiger partial charge on any atom is 0.0544 e. The average molecular weight is 1140 g/mol. The van der Waals surface area contributed by atoms with Gasteiger partial charge < -0.3 is 19.6 Å². The van der Waals surface area contributed by atoms with Crippen molar-refractivity contribution < 1.29 is 0 Å². The molecule has 0 fully saturated rings. The molecule has 3 aliphatic heterocycles. The normalized spacial score (nSPS) is 13.8. The molecule has 0 aliphatic carbocycles. The van der Waals surface area contributed by atoms with E-state index in [1.54, 1.807) is 0 Å². The fourth-order valence-corrected chi connectivity index (χ4v) is 13.8. The Labute approximate surface area is 524 Å². The second kappa shape index (κ2) is 21.7. The molecule has 3 heterocycles. The number of rotatable bonds is 10. The van der Waals surface area contributed by atoms with E-state index < -0.39 is 16.2 Å². The van der Waals surface area contributed by atoms with Gasteiger partial charge in [0.15, 0.2) is 0 Å². The zero-order chi connectivity index (χ0) is 60.4. The van der Waals surface area contributed by atoms with Gasteiger partial charge in [-0.3, -0.25) is 0 Å². The van der Waals surface area contributed by atoms with Crippen LogP contribution in [0.3, 0.4) is 0 Å². The summed E-state index contributed by atoms with van der Waals surface area (Å²) in [6.07, 6.45) is 0. The lowest BCUT2D eigenvalue weighted by Crippen LogP contribution is -2.43. The van der Waals surface area contributed by atoms with Crippen LogP contribution < -0.4 is 19.6 Å². The summed E-state index contributed by atoms with van der Waals surface area (Å²) >= 11 is 0. The van der Waals surface area contributed by atoms with Gasteiger partial charge in [0.25, 0.3) is 0 Å². The number of hydrogen-bond acceptors (Lipinski definition) is 4. The van der Waals surface area contributed by atoms with E-state index in [1.807, 2.05) is 0 Å². The number of benzene rings is 12. The van der Waals surface area contributed by atoms with Gasteiger partial charge in [0.2, 0.25) is 0 Å². The van der Waals surface area contributed by atoms with Crippen molar-refractivity contribution in [1.82, 2.24) is 0 Å². The molecule has 0 spiro atoms.